The zero-order valence-corrected chi connectivity index (χ0v) is 12.2. The second kappa shape index (κ2) is 5.47. The minimum Gasteiger partial charge on any atom is -0.326 e. The summed E-state index contributed by atoms with van der Waals surface area (Å²) in [4.78, 5) is 12.3. The van der Waals surface area contributed by atoms with Crippen molar-refractivity contribution in [2.75, 3.05) is 5.32 Å². The highest BCUT2D eigenvalue weighted by atomic mass is 35.5. The van der Waals surface area contributed by atoms with Gasteiger partial charge in [0.15, 0.2) is 0 Å². The number of rotatable bonds is 2. The first-order chi connectivity index (χ1) is 9.61. The van der Waals surface area contributed by atoms with Crippen molar-refractivity contribution < 1.29 is 4.79 Å². The largest absolute Gasteiger partial charge is 0.326 e. The highest BCUT2D eigenvalue weighted by Gasteiger charge is 2.27. The van der Waals surface area contributed by atoms with Crippen LogP contribution in [0, 0.1) is 5.92 Å². The molecule has 0 atom stereocenters. The third-order valence-corrected chi connectivity index (χ3v) is 3.99. The van der Waals surface area contributed by atoms with Crippen molar-refractivity contribution >= 4 is 34.8 Å². The van der Waals surface area contributed by atoms with Gasteiger partial charge < -0.3 is 5.32 Å². The average molecular weight is 306 g/mol. The highest BCUT2D eigenvalue weighted by molar-refractivity contribution is 6.35. The maximum Gasteiger partial charge on any atom is 0.228 e. The summed E-state index contributed by atoms with van der Waals surface area (Å²) in [7, 11) is 0. The SMILES string of the molecule is O=C(Nc1cc(Cl)cc(Cl)c1)C1Cc2ccccc2C1. The summed E-state index contributed by atoms with van der Waals surface area (Å²) in [6.45, 7) is 0. The van der Waals surface area contributed by atoms with E-state index >= 15 is 0 Å². The Morgan fingerprint density at radius 3 is 2.10 bits per heavy atom. The molecule has 102 valence electrons. The van der Waals surface area contributed by atoms with Crippen molar-refractivity contribution in [3.05, 3.63) is 63.6 Å². The summed E-state index contributed by atoms with van der Waals surface area (Å²) in [6, 6.07) is 13.2. The molecule has 0 unspecified atom stereocenters. The summed E-state index contributed by atoms with van der Waals surface area (Å²) in [5.41, 5.74) is 3.16. The van der Waals surface area contributed by atoms with Crippen LogP contribution in [0.1, 0.15) is 11.1 Å². The van der Waals surface area contributed by atoms with Crippen LogP contribution in [0.3, 0.4) is 0 Å². The molecule has 2 aromatic rings. The number of hydrogen-bond acceptors (Lipinski definition) is 1. The van der Waals surface area contributed by atoms with Gasteiger partial charge in [-0.3, -0.25) is 4.79 Å². The first-order valence-electron chi connectivity index (χ1n) is 6.45. The van der Waals surface area contributed by atoms with Gasteiger partial charge in [-0.15, -0.1) is 0 Å². The second-order valence-corrected chi connectivity index (χ2v) is 5.89. The van der Waals surface area contributed by atoms with Crippen LogP contribution in [-0.4, -0.2) is 5.91 Å². The Kier molecular flexibility index (Phi) is 3.68. The number of halogens is 2. The molecule has 0 radical (unpaired) electrons. The molecule has 0 heterocycles. The van der Waals surface area contributed by atoms with Crippen LogP contribution in [0.5, 0.6) is 0 Å². The van der Waals surface area contributed by atoms with Crippen molar-refractivity contribution in [1.29, 1.82) is 0 Å². The first kappa shape index (κ1) is 13.5. The van der Waals surface area contributed by atoms with E-state index < -0.39 is 0 Å². The molecule has 1 aliphatic carbocycles. The summed E-state index contributed by atoms with van der Waals surface area (Å²) in [5, 5.41) is 3.92. The van der Waals surface area contributed by atoms with Gasteiger partial charge in [-0.05, 0) is 42.2 Å². The fourth-order valence-corrected chi connectivity index (χ4v) is 3.14. The maximum absolute atomic E-state index is 12.3. The Morgan fingerprint density at radius 2 is 1.55 bits per heavy atom. The summed E-state index contributed by atoms with van der Waals surface area (Å²) in [6.07, 6.45) is 1.58. The Labute approximate surface area is 127 Å². The summed E-state index contributed by atoms with van der Waals surface area (Å²) < 4.78 is 0. The zero-order chi connectivity index (χ0) is 14.1. The molecule has 1 aliphatic rings. The van der Waals surface area contributed by atoms with Gasteiger partial charge in [0, 0.05) is 21.7 Å². The molecule has 0 bridgehead atoms. The third kappa shape index (κ3) is 2.82. The third-order valence-electron chi connectivity index (χ3n) is 3.55. The molecule has 0 aliphatic heterocycles. The molecule has 0 fully saturated rings. The molecule has 0 spiro atoms. The van der Waals surface area contributed by atoms with Gasteiger partial charge in [-0.1, -0.05) is 47.5 Å². The van der Waals surface area contributed by atoms with E-state index in [1.54, 1.807) is 18.2 Å². The van der Waals surface area contributed by atoms with Gasteiger partial charge in [0.05, 0.1) is 0 Å². The fraction of sp³-hybridized carbons (Fsp3) is 0.188. The molecule has 0 aromatic heterocycles. The van der Waals surface area contributed by atoms with Gasteiger partial charge in [-0.2, -0.15) is 0 Å². The molecule has 2 aromatic carbocycles. The lowest BCUT2D eigenvalue weighted by molar-refractivity contribution is -0.119. The highest BCUT2D eigenvalue weighted by Crippen LogP contribution is 2.28. The van der Waals surface area contributed by atoms with Crippen molar-refractivity contribution in [2.24, 2.45) is 5.92 Å². The van der Waals surface area contributed by atoms with Crippen molar-refractivity contribution in [1.82, 2.24) is 0 Å². The topological polar surface area (TPSA) is 29.1 Å². The maximum atomic E-state index is 12.3. The lowest BCUT2D eigenvalue weighted by atomic mass is 10.1. The Hall–Kier alpha value is -1.51. The number of benzene rings is 2. The van der Waals surface area contributed by atoms with Crippen LogP contribution < -0.4 is 5.32 Å². The molecular formula is C16H13Cl2NO. The first-order valence-corrected chi connectivity index (χ1v) is 7.21. The molecule has 0 saturated heterocycles. The van der Waals surface area contributed by atoms with Crippen molar-refractivity contribution in [3.63, 3.8) is 0 Å². The minimum absolute atomic E-state index is 0.0135. The number of carbonyl (C=O) groups is 1. The van der Waals surface area contributed by atoms with Crippen LogP contribution in [0.15, 0.2) is 42.5 Å². The predicted molar refractivity (Wildman–Crippen MR) is 82.4 cm³/mol. The number of fused-ring (bicyclic) bond motifs is 1. The molecule has 20 heavy (non-hydrogen) atoms. The van der Waals surface area contributed by atoms with Gasteiger partial charge in [0.1, 0.15) is 0 Å². The molecule has 1 amide bonds. The second-order valence-electron chi connectivity index (χ2n) is 5.02. The molecule has 0 saturated carbocycles. The number of anilines is 1. The smallest absolute Gasteiger partial charge is 0.228 e. The molecule has 3 rings (SSSR count). The molecule has 4 heteroatoms. The van der Waals surface area contributed by atoms with Crippen LogP contribution in [-0.2, 0) is 17.6 Å². The minimum atomic E-state index is -0.0230. The quantitative estimate of drug-likeness (QED) is 0.878. The normalized spacial score (nSPS) is 14.1. The standard InChI is InChI=1S/C16H13Cl2NO/c17-13-7-14(18)9-15(8-13)19-16(20)12-5-10-3-1-2-4-11(10)6-12/h1-4,7-9,12H,5-6H2,(H,19,20). The van der Waals surface area contributed by atoms with E-state index in [2.05, 4.69) is 17.4 Å². The van der Waals surface area contributed by atoms with Crippen LogP contribution >= 0.6 is 23.2 Å². The fourth-order valence-electron chi connectivity index (χ4n) is 2.61. The Morgan fingerprint density at radius 1 is 1.00 bits per heavy atom. The van der Waals surface area contributed by atoms with E-state index in [4.69, 9.17) is 23.2 Å². The molecule has 2 nitrogen and oxygen atoms in total. The lowest BCUT2D eigenvalue weighted by Gasteiger charge is -2.11. The average Bonchev–Trinajstić information content (AvgIpc) is 2.81. The van der Waals surface area contributed by atoms with E-state index in [1.807, 2.05) is 12.1 Å². The summed E-state index contributed by atoms with van der Waals surface area (Å²) >= 11 is 11.9. The molecular weight excluding hydrogens is 293 g/mol. The van der Waals surface area contributed by atoms with Crippen LogP contribution in [0.25, 0.3) is 0 Å². The van der Waals surface area contributed by atoms with Crippen molar-refractivity contribution in [2.45, 2.75) is 12.8 Å². The van der Waals surface area contributed by atoms with E-state index in [1.165, 1.54) is 11.1 Å². The van der Waals surface area contributed by atoms with E-state index in [0.29, 0.717) is 15.7 Å². The zero-order valence-electron chi connectivity index (χ0n) is 10.7. The Bertz CT molecular complexity index is 624. The van der Waals surface area contributed by atoms with Crippen molar-refractivity contribution in [3.8, 4) is 0 Å². The van der Waals surface area contributed by atoms with Gasteiger partial charge in [-0.25, -0.2) is 0 Å². The lowest BCUT2D eigenvalue weighted by Crippen LogP contribution is -2.23. The monoisotopic (exact) mass is 305 g/mol. The van der Waals surface area contributed by atoms with Crippen LogP contribution in [0.4, 0.5) is 5.69 Å². The predicted octanol–water partition coefficient (Wildman–Crippen LogP) is 4.35. The van der Waals surface area contributed by atoms with Crippen LogP contribution in [0.2, 0.25) is 10.0 Å². The number of carbonyl (C=O) groups excluding carboxylic acids is 1. The van der Waals surface area contributed by atoms with Gasteiger partial charge in [0.2, 0.25) is 5.91 Å². The Balaban J connectivity index is 1.72. The van der Waals surface area contributed by atoms with Gasteiger partial charge in [0.25, 0.3) is 0 Å². The van der Waals surface area contributed by atoms with E-state index in [-0.39, 0.29) is 11.8 Å². The molecule has 1 N–H and O–H groups in total. The number of nitrogens with one attached hydrogen (secondary N) is 1. The number of amides is 1. The van der Waals surface area contributed by atoms with E-state index in [9.17, 15) is 4.79 Å². The summed E-state index contributed by atoms with van der Waals surface area (Å²) in [5.74, 6) is -0.00955. The van der Waals surface area contributed by atoms with E-state index in [0.717, 1.165) is 12.8 Å². The van der Waals surface area contributed by atoms with Gasteiger partial charge >= 0.3 is 0 Å². The number of hydrogen-bond donors (Lipinski definition) is 1.